The van der Waals surface area contributed by atoms with Gasteiger partial charge in [0, 0.05) is 0 Å². The molecule has 1 saturated heterocycles. The van der Waals surface area contributed by atoms with Crippen LogP contribution in [0.25, 0.3) is 6.08 Å². The highest BCUT2D eigenvalue weighted by molar-refractivity contribution is 14.1. The number of carbonyl (C=O) groups excluding carboxylic acids is 3. The molecule has 3 rings (SSSR count). The van der Waals surface area contributed by atoms with Crippen LogP contribution in [0.4, 0.5) is 10.5 Å². The Labute approximate surface area is 175 Å². The first-order valence-electron chi connectivity index (χ1n) is 8.43. The van der Waals surface area contributed by atoms with Crippen LogP contribution >= 0.6 is 22.6 Å². The number of imide groups is 2. The number of methoxy groups -OCH3 is 1. The Bertz CT molecular complexity index is 972. The van der Waals surface area contributed by atoms with Crippen LogP contribution in [0.1, 0.15) is 12.5 Å². The van der Waals surface area contributed by atoms with Gasteiger partial charge in [-0.05, 0) is 65.4 Å². The van der Waals surface area contributed by atoms with Gasteiger partial charge in [0.25, 0.3) is 11.8 Å². The van der Waals surface area contributed by atoms with E-state index in [1.807, 2.05) is 6.92 Å². The van der Waals surface area contributed by atoms with Gasteiger partial charge in [0.2, 0.25) is 0 Å². The number of hydrogen-bond acceptors (Lipinski definition) is 5. The number of nitrogens with one attached hydrogen (secondary N) is 1. The van der Waals surface area contributed by atoms with E-state index in [0.717, 1.165) is 8.47 Å². The second-order valence-corrected chi connectivity index (χ2v) is 6.92. The zero-order valence-electron chi connectivity index (χ0n) is 15.2. The molecule has 2 aromatic carbocycles. The lowest BCUT2D eigenvalue weighted by atomic mass is 10.1. The van der Waals surface area contributed by atoms with Gasteiger partial charge in [-0.15, -0.1) is 0 Å². The molecule has 1 fully saturated rings. The number of rotatable bonds is 5. The molecule has 1 heterocycles. The second-order valence-electron chi connectivity index (χ2n) is 5.76. The molecule has 7 nitrogen and oxygen atoms in total. The first-order valence-corrected chi connectivity index (χ1v) is 9.51. The number of halogens is 1. The van der Waals surface area contributed by atoms with Crippen molar-refractivity contribution in [3.63, 3.8) is 0 Å². The van der Waals surface area contributed by atoms with E-state index in [1.165, 1.54) is 13.2 Å². The molecular formula is C20H17IN2O5. The summed E-state index contributed by atoms with van der Waals surface area (Å²) in [6, 6.07) is 11.1. The maximum Gasteiger partial charge on any atom is 0.335 e. The molecule has 1 aliphatic rings. The zero-order valence-corrected chi connectivity index (χ0v) is 17.3. The van der Waals surface area contributed by atoms with Gasteiger partial charge >= 0.3 is 6.03 Å². The number of benzene rings is 2. The third-order valence-electron chi connectivity index (χ3n) is 3.97. The summed E-state index contributed by atoms with van der Waals surface area (Å²) in [7, 11) is 1.51. The summed E-state index contributed by atoms with van der Waals surface area (Å²) in [5, 5.41) is 2.20. The van der Waals surface area contributed by atoms with Crippen LogP contribution in [0, 0.1) is 3.57 Å². The number of anilines is 1. The van der Waals surface area contributed by atoms with E-state index < -0.39 is 17.8 Å². The number of ether oxygens (including phenoxy) is 2. The summed E-state index contributed by atoms with van der Waals surface area (Å²) in [5.41, 5.74) is 0.804. The summed E-state index contributed by atoms with van der Waals surface area (Å²) in [6.45, 7) is 2.34. The van der Waals surface area contributed by atoms with Crippen LogP contribution in [0.3, 0.4) is 0 Å². The van der Waals surface area contributed by atoms with E-state index in [2.05, 4.69) is 27.9 Å². The predicted molar refractivity (Wildman–Crippen MR) is 112 cm³/mol. The molecule has 0 unspecified atom stereocenters. The van der Waals surface area contributed by atoms with Crippen LogP contribution in [-0.4, -0.2) is 31.6 Å². The van der Waals surface area contributed by atoms with Gasteiger partial charge in [-0.3, -0.25) is 14.9 Å². The highest BCUT2D eigenvalue weighted by atomic mass is 127. The topological polar surface area (TPSA) is 84.9 Å². The first kappa shape index (κ1) is 19.9. The van der Waals surface area contributed by atoms with Crippen LogP contribution in [0.2, 0.25) is 0 Å². The molecule has 1 N–H and O–H groups in total. The van der Waals surface area contributed by atoms with Crippen molar-refractivity contribution < 1.29 is 23.9 Å². The number of amides is 4. The van der Waals surface area contributed by atoms with Gasteiger partial charge in [-0.25, -0.2) is 9.69 Å². The molecule has 0 bridgehead atoms. The average molecular weight is 492 g/mol. The Morgan fingerprint density at radius 1 is 1.14 bits per heavy atom. The molecule has 28 heavy (non-hydrogen) atoms. The van der Waals surface area contributed by atoms with Crippen LogP contribution in [0.15, 0.2) is 48.0 Å². The minimum Gasteiger partial charge on any atom is -0.493 e. The monoisotopic (exact) mass is 492 g/mol. The van der Waals surface area contributed by atoms with Crippen molar-refractivity contribution in [1.29, 1.82) is 0 Å². The fourth-order valence-corrected chi connectivity index (χ4v) is 3.52. The van der Waals surface area contributed by atoms with Gasteiger partial charge in [0.1, 0.15) is 5.57 Å². The van der Waals surface area contributed by atoms with Crippen LogP contribution in [0.5, 0.6) is 11.5 Å². The third-order valence-corrected chi connectivity index (χ3v) is 4.77. The van der Waals surface area contributed by atoms with Crippen molar-refractivity contribution >= 4 is 52.2 Å². The lowest BCUT2D eigenvalue weighted by Crippen LogP contribution is -2.54. The molecule has 0 atom stereocenters. The van der Waals surface area contributed by atoms with Gasteiger partial charge in [-0.1, -0.05) is 18.2 Å². The van der Waals surface area contributed by atoms with Crippen molar-refractivity contribution in [1.82, 2.24) is 5.32 Å². The number of nitrogens with zero attached hydrogens (tertiary/aromatic N) is 1. The van der Waals surface area contributed by atoms with Crippen LogP contribution in [-0.2, 0) is 9.59 Å². The highest BCUT2D eigenvalue weighted by Crippen LogP contribution is 2.35. The standard InChI is InChI=1S/C20H17IN2O5/c1-3-28-17-15(21)10-12(11-16(17)27-2)9-14-18(24)22-20(26)23(19(14)25)13-7-5-4-6-8-13/h4-11H,3H2,1-2H3,(H,22,24,26). The van der Waals surface area contributed by atoms with Crippen LogP contribution < -0.4 is 19.7 Å². The molecule has 0 spiro atoms. The van der Waals surface area contributed by atoms with Crippen molar-refractivity contribution in [2.75, 3.05) is 18.6 Å². The molecule has 8 heteroatoms. The molecule has 1 aliphatic heterocycles. The second kappa shape index (κ2) is 8.42. The maximum absolute atomic E-state index is 12.9. The average Bonchev–Trinajstić information content (AvgIpc) is 2.67. The van der Waals surface area contributed by atoms with Gasteiger partial charge in [0.15, 0.2) is 11.5 Å². The highest BCUT2D eigenvalue weighted by Gasteiger charge is 2.36. The number of carbonyl (C=O) groups is 3. The van der Waals surface area contributed by atoms with Gasteiger partial charge in [0.05, 0.1) is 23.0 Å². The van der Waals surface area contributed by atoms with Gasteiger partial charge < -0.3 is 9.47 Å². The number of urea groups is 1. The van der Waals surface area contributed by atoms with Crippen molar-refractivity contribution in [2.45, 2.75) is 6.92 Å². The Hall–Kier alpha value is -2.88. The maximum atomic E-state index is 12.9. The SMILES string of the molecule is CCOc1c(I)cc(C=C2C(=O)NC(=O)N(c3ccccc3)C2=O)cc1OC. The minimum atomic E-state index is -0.780. The number of para-hydroxylation sites is 1. The smallest absolute Gasteiger partial charge is 0.335 e. The van der Waals surface area contributed by atoms with Crippen molar-refractivity contribution in [3.05, 3.63) is 57.2 Å². The molecule has 2 aromatic rings. The summed E-state index contributed by atoms with van der Waals surface area (Å²) in [4.78, 5) is 38.3. The van der Waals surface area contributed by atoms with Gasteiger partial charge in [-0.2, -0.15) is 0 Å². The summed E-state index contributed by atoms with van der Waals surface area (Å²) >= 11 is 2.10. The molecule has 144 valence electrons. The Morgan fingerprint density at radius 2 is 1.86 bits per heavy atom. The summed E-state index contributed by atoms with van der Waals surface area (Å²) < 4.78 is 11.7. The summed E-state index contributed by atoms with van der Waals surface area (Å²) in [5.74, 6) is -0.360. The fraction of sp³-hybridized carbons (Fsp3) is 0.150. The predicted octanol–water partition coefficient (Wildman–Crippen LogP) is 3.36. The normalized spacial score (nSPS) is 15.6. The van der Waals surface area contributed by atoms with E-state index in [4.69, 9.17) is 9.47 Å². The lowest BCUT2D eigenvalue weighted by molar-refractivity contribution is -0.122. The fourth-order valence-electron chi connectivity index (χ4n) is 2.74. The van der Waals surface area contributed by atoms with Crippen molar-refractivity contribution in [3.8, 4) is 11.5 Å². The van der Waals surface area contributed by atoms with Crippen molar-refractivity contribution in [2.24, 2.45) is 0 Å². The Kier molecular flexibility index (Phi) is 5.98. The molecule has 0 aliphatic carbocycles. The molecule has 4 amide bonds. The minimum absolute atomic E-state index is 0.148. The Morgan fingerprint density at radius 3 is 2.50 bits per heavy atom. The summed E-state index contributed by atoms with van der Waals surface area (Å²) in [6.07, 6.45) is 1.43. The molecule has 0 aromatic heterocycles. The van der Waals surface area contributed by atoms with E-state index in [1.54, 1.807) is 42.5 Å². The molecular weight excluding hydrogens is 475 g/mol. The quantitative estimate of drug-likeness (QED) is 0.393. The molecule has 0 saturated carbocycles. The number of barbiturate groups is 1. The molecule has 0 radical (unpaired) electrons. The van der Waals surface area contributed by atoms with E-state index in [0.29, 0.717) is 29.4 Å². The first-order chi connectivity index (χ1) is 13.5. The Balaban J connectivity index is 2.03. The van der Waals surface area contributed by atoms with E-state index in [-0.39, 0.29) is 5.57 Å². The number of hydrogen-bond donors (Lipinski definition) is 1. The van der Waals surface area contributed by atoms with E-state index >= 15 is 0 Å². The lowest BCUT2D eigenvalue weighted by Gasteiger charge is -2.26. The largest absolute Gasteiger partial charge is 0.493 e. The van der Waals surface area contributed by atoms with E-state index in [9.17, 15) is 14.4 Å². The zero-order chi connectivity index (χ0) is 20.3. The third kappa shape index (κ3) is 3.86.